The van der Waals surface area contributed by atoms with Gasteiger partial charge in [0, 0.05) is 6.07 Å². The molecule has 3 nitrogen and oxygen atoms in total. The van der Waals surface area contributed by atoms with Crippen LogP contribution < -0.4 is 4.74 Å². The SMILES string of the molecule is CC(C)(C)OCCOc1cccc(CCl)n1. The van der Waals surface area contributed by atoms with E-state index in [-0.39, 0.29) is 5.60 Å². The van der Waals surface area contributed by atoms with Crippen LogP contribution in [0.4, 0.5) is 0 Å². The average Bonchev–Trinajstić information content (AvgIpc) is 2.23. The second-order valence-corrected chi connectivity index (χ2v) is 4.68. The zero-order valence-corrected chi connectivity index (χ0v) is 10.8. The average molecular weight is 244 g/mol. The van der Waals surface area contributed by atoms with Crippen LogP contribution in [0.2, 0.25) is 0 Å². The fourth-order valence-electron chi connectivity index (χ4n) is 1.11. The summed E-state index contributed by atoms with van der Waals surface area (Å²) in [6.07, 6.45) is 0. The van der Waals surface area contributed by atoms with Gasteiger partial charge in [-0.1, -0.05) is 6.07 Å². The van der Waals surface area contributed by atoms with E-state index in [1.54, 1.807) is 0 Å². The van der Waals surface area contributed by atoms with Crippen molar-refractivity contribution < 1.29 is 9.47 Å². The minimum Gasteiger partial charge on any atom is -0.475 e. The molecular weight excluding hydrogens is 226 g/mol. The molecule has 0 aliphatic heterocycles. The molecule has 1 rings (SSSR count). The summed E-state index contributed by atoms with van der Waals surface area (Å²) < 4.78 is 11.0. The third kappa shape index (κ3) is 5.33. The van der Waals surface area contributed by atoms with Gasteiger partial charge in [0.05, 0.1) is 23.8 Å². The van der Waals surface area contributed by atoms with Crippen molar-refractivity contribution in [2.45, 2.75) is 32.3 Å². The molecule has 4 heteroatoms. The first-order valence-corrected chi connectivity index (χ1v) is 5.83. The number of rotatable bonds is 5. The van der Waals surface area contributed by atoms with Crippen molar-refractivity contribution in [3.63, 3.8) is 0 Å². The number of hydrogen-bond donors (Lipinski definition) is 0. The van der Waals surface area contributed by atoms with E-state index < -0.39 is 0 Å². The van der Waals surface area contributed by atoms with E-state index in [2.05, 4.69) is 4.98 Å². The smallest absolute Gasteiger partial charge is 0.213 e. The van der Waals surface area contributed by atoms with Gasteiger partial charge < -0.3 is 9.47 Å². The number of aromatic nitrogens is 1. The van der Waals surface area contributed by atoms with Crippen molar-refractivity contribution in [1.82, 2.24) is 4.98 Å². The minimum absolute atomic E-state index is 0.130. The Kier molecular flexibility index (Phi) is 5.03. The molecule has 0 saturated heterocycles. The van der Waals surface area contributed by atoms with Gasteiger partial charge in [-0.05, 0) is 26.8 Å². The highest BCUT2D eigenvalue weighted by atomic mass is 35.5. The molecule has 0 fully saturated rings. The molecule has 0 amide bonds. The summed E-state index contributed by atoms with van der Waals surface area (Å²) >= 11 is 5.68. The standard InChI is InChI=1S/C12H18ClNO2/c1-12(2,3)16-8-7-15-11-6-4-5-10(9-13)14-11/h4-6H,7-9H2,1-3H3. The van der Waals surface area contributed by atoms with Gasteiger partial charge in [-0.15, -0.1) is 11.6 Å². The van der Waals surface area contributed by atoms with Crippen LogP contribution in [-0.2, 0) is 10.6 Å². The van der Waals surface area contributed by atoms with Crippen LogP contribution in [-0.4, -0.2) is 23.8 Å². The summed E-state index contributed by atoms with van der Waals surface area (Å²) in [5.74, 6) is 0.992. The van der Waals surface area contributed by atoms with Gasteiger partial charge in [0.1, 0.15) is 6.61 Å². The molecule has 0 aliphatic rings. The number of nitrogens with zero attached hydrogens (tertiary/aromatic N) is 1. The molecule has 0 spiro atoms. The summed E-state index contributed by atoms with van der Waals surface area (Å²) in [5.41, 5.74) is 0.685. The zero-order valence-electron chi connectivity index (χ0n) is 10.00. The quantitative estimate of drug-likeness (QED) is 0.589. The van der Waals surface area contributed by atoms with Gasteiger partial charge in [0.2, 0.25) is 5.88 Å². The molecule has 0 aliphatic carbocycles. The van der Waals surface area contributed by atoms with E-state index >= 15 is 0 Å². The predicted octanol–water partition coefficient (Wildman–Crippen LogP) is 3.01. The lowest BCUT2D eigenvalue weighted by Gasteiger charge is -2.19. The van der Waals surface area contributed by atoms with E-state index in [0.29, 0.717) is 25.0 Å². The van der Waals surface area contributed by atoms with E-state index in [0.717, 1.165) is 5.69 Å². The van der Waals surface area contributed by atoms with Gasteiger partial charge in [-0.2, -0.15) is 0 Å². The first-order valence-electron chi connectivity index (χ1n) is 5.30. The van der Waals surface area contributed by atoms with Crippen molar-refractivity contribution >= 4 is 11.6 Å². The Hall–Kier alpha value is -0.800. The summed E-state index contributed by atoms with van der Waals surface area (Å²) in [6, 6.07) is 5.56. The lowest BCUT2D eigenvalue weighted by molar-refractivity contribution is -0.0168. The Bertz CT molecular complexity index is 323. The van der Waals surface area contributed by atoms with E-state index in [9.17, 15) is 0 Å². The third-order valence-corrected chi connectivity index (χ3v) is 2.06. The van der Waals surface area contributed by atoms with E-state index in [4.69, 9.17) is 21.1 Å². The van der Waals surface area contributed by atoms with Crippen LogP contribution in [0.3, 0.4) is 0 Å². The van der Waals surface area contributed by atoms with Gasteiger partial charge in [-0.25, -0.2) is 4.98 Å². The van der Waals surface area contributed by atoms with Crippen molar-refractivity contribution in [3.05, 3.63) is 23.9 Å². The van der Waals surface area contributed by atoms with Crippen LogP contribution in [0.5, 0.6) is 5.88 Å². The maximum Gasteiger partial charge on any atom is 0.213 e. The van der Waals surface area contributed by atoms with Crippen molar-refractivity contribution in [3.8, 4) is 5.88 Å². The molecule has 0 bridgehead atoms. The second-order valence-electron chi connectivity index (χ2n) is 4.41. The fourth-order valence-corrected chi connectivity index (χ4v) is 1.26. The van der Waals surface area contributed by atoms with Crippen LogP contribution in [0.1, 0.15) is 26.5 Å². The molecule has 1 aromatic rings. The molecule has 0 aromatic carbocycles. The van der Waals surface area contributed by atoms with Crippen LogP contribution in [0.25, 0.3) is 0 Å². The Morgan fingerprint density at radius 1 is 1.25 bits per heavy atom. The second kappa shape index (κ2) is 6.06. The molecule has 1 aromatic heterocycles. The molecule has 0 atom stereocenters. The Morgan fingerprint density at radius 2 is 2.00 bits per heavy atom. The zero-order chi connectivity index (χ0) is 12.0. The lowest BCUT2D eigenvalue weighted by Crippen LogP contribution is -2.22. The normalized spacial score (nSPS) is 11.5. The minimum atomic E-state index is -0.130. The summed E-state index contributed by atoms with van der Waals surface area (Å²) in [5, 5.41) is 0. The largest absolute Gasteiger partial charge is 0.475 e. The van der Waals surface area contributed by atoms with E-state index in [1.807, 2.05) is 39.0 Å². The summed E-state index contributed by atoms with van der Waals surface area (Å²) in [4.78, 5) is 4.22. The topological polar surface area (TPSA) is 31.4 Å². The molecule has 0 saturated carbocycles. The molecule has 90 valence electrons. The number of ether oxygens (including phenoxy) is 2. The third-order valence-electron chi connectivity index (χ3n) is 1.79. The van der Waals surface area contributed by atoms with Crippen LogP contribution in [0.15, 0.2) is 18.2 Å². The van der Waals surface area contributed by atoms with Gasteiger partial charge in [-0.3, -0.25) is 0 Å². The maximum absolute atomic E-state index is 5.68. The number of alkyl halides is 1. The van der Waals surface area contributed by atoms with Gasteiger partial charge in [0.25, 0.3) is 0 Å². The van der Waals surface area contributed by atoms with Gasteiger partial charge in [0.15, 0.2) is 0 Å². The summed E-state index contributed by atoms with van der Waals surface area (Å²) in [7, 11) is 0. The van der Waals surface area contributed by atoms with E-state index in [1.165, 1.54) is 0 Å². The molecule has 0 unspecified atom stereocenters. The van der Waals surface area contributed by atoms with Crippen molar-refractivity contribution in [2.24, 2.45) is 0 Å². The highest BCUT2D eigenvalue weighted by molar-refractivity contribution is 6.16. The molecule has 0 radical (unpaired) electrons. The monoisotopic (exact) mass is 243 g/mol. The van der Waals surface area contributed by atoms with Gasteiger partial charge >= 0.3 is 0 Å². The summed E-state index contributed by atoms with van der Waals surface area (Å²) in [6.45, 7) is 7.09. The first-order chi connectivity index (χ1) is 7.51. The molecule has 1 heterocycles. The Balaban J connectivity index is 2.32. The molecular formula is C12H18ClNO2. The van der Waals surface area contributed by atoms with Crippen LogP contribution >= 0.6 is 11.6 Å². The number of hydrogen-bond acceptors (Lipinski definition) is 3. The molecule has 16 heavy (non-hydrogen) atoms. The fraction of sp³-hybridized carbons (Fsp3) is 0.583. The van der Waals surface area contributed by atoms with Crippen molar-refractivity contribution in [2.75, 3.05) is 13.2 Å². The molecule has 0 N–H and O–H groups in total. The van der Waals surface area contributed by atoms with Crippen LogP contribution in [0, 0.1) is 0 Å². The predicted molar refractivity (Wildman–Crippen MR) is 65.0 cm³/mol. The highest BCUT2D eigenvalue weighted by Gasteiger charge is 2.09. The first kappa shape index (κ1) is 13.3. The highest BCUT2D eigenvalue weighted by Crippen LogP contribution is 2.10. The Labute approximate surface area is 102 Å². The lowest BCUT2D eigenvalue weighted by atomic mass is 10.2. The van der Waals surface area contributed by atoms with Crippen molar-refractivity contribution in [1.29, 1.82) is 0 Å². The maximum atomic E-state index is 5.68. The number of pyridine rings is 1. The number of halogens is 1. The Morgan fingerprint density at radius 3 is 2.62 bits per heavy atom.